The molecule has 16 heavy (non-hydrogen) atoms. The van der Waals surface area contributed by atoms with E-state index in [0.29, 0.717) is 0 Å². The molecule has 1 amide bonds. The molecule has 1 N–H and O–H groups in total. The first-order valence-corrected chi connectivity index (χ1v) is 6.40. The summed E-state index contributed by atoms with van der Waals surface area (Å²) in [6.45, 7) is 1.96. The summed E-state index contributed by atoms with van der Waals surface area (Å²) in [7, 11) is 1.72. The molecule has 1 atom stereocenters. The van der Waals surface area contributed by atoms with Gasteiger partial charge in [0.05, 0.1) is 0 Å². The third-order valence-corrected chi connectivity index (χ3v) is 3.26. The zero-order valence-corrected chi connectivity index (χ0v) is 10.5. The largest absolute Gasteiger partial charge is 0.367 e. The predicted molar refractivity (Wildman–Crippen MR) is 67.0 cm³/mol. The molecular weight excluding hydrogens is 224 g/mol. The molecule has 5 heteroatoms. The Hall–Kier alpha value is -1.23. The first-order valence-electron chi connectivity index (χ1n) is 5.01. The number of carbonyl (C=O) groups excluding carboxylic acids is 1. The van der Waals surface area contributed by atoms with Gasteiger partial charge in [-0.2, -0.15) is 11.8 Å². The van der Waals surface area contributed by atoms with Crippen LogP contribution < -0.4 is 5.43 Å². The maximum absolute atomic E-state index is 12.0. The summed E-state index contributed by atoms with van der Waals surface area (Å²) < 4.78 is 0. The van der Waals surface area contributed by atoms with E-state index in [0.717, 1.165) is 5.75 Å². The second kappa shape index (κ2) is 5.75. The van der Waals surface area contributed by atoms with Crippen molar-refractivity contribution in [1.82, 2.24) is 9.88 Å². The first-order chi connectivity index (χ1) is 7.57. The van der Waals surface area contributed by atoms with Crippen LogP contribution in [0.15, 0.2) is 23.3 Å². The van der Waals surface area contributed by atoms with E-state index in [4.69, 9.17) is 0 Å². The van der Waals surface area contributed by atoms with E-state index in [-0.39, 0.29) is 22.9 Å². The summed E-state index contributed by atoms with van der Waals surface area (Å²) in [5.41, 5.74) is -0.0510. The van der Waals surface area contributed by atoms with Crippen LogP contribution in [0.25, 0.3) is 0 Å². The van der Waals surface area contributed by atoms with Crippen LogP contribution in [0.1, 0.15) is 17.3 Å². The lowest BCUT2D eigenvalue weighted by atomic mass is 10.2. The quantitative estimate of drug-likeness (QED) is 0.860. The van der Waals surface area contributed by atoms with Crippen LogP contribution in [0.4, 0.5) is 0 Å². The summed E-state index contributed by atoms with van der Waals surface area (Å²) in [6.07, 6.45) is 4.96. The molecule has 1 unspecified atom stereocenters. The van der Waals surface area contributed by atoms with E-state index in [2.05, 4.69) is 4.98 Å². The van der Waals surface area contributed by atoms with Gasteiger partial charge in [-0.15, -0.1) is 0 Å². The maximum Gasteiger partial charge on any atom is 0.259 e. The standard InChI is InChI=1S/C11H16N2O2S/c1-8(7-16-3)13(2)11(15)9-6-12-5-4-10(9)14/h4-6,8H,7H2,1-3H3,(H,12,14). The van der Waals surface area contributed by atoms with Gasteiger partial charge in [-0.3, -0.25) is 9.59 Å². The molecule has 1 heterocycles. The molecular formula is C11H16N2O2S. The number of nitrogens with zero attached hydrogens (tertiary/aromatic N) is 1. The Morgan fingerprint density at radius 3 is 2.88 bits per heavy atom. The Labute approximate surface area is 99.0 Å². The van der Waals surface area contributed by atoms with Gasteiger partial charge in [0.2, 0.25) is 0 Å². The highest BCUT2D eigenvalue weighted by Crippen LogP contribution is 2.06. The summed E-state index contributed by atoms with van der Waals surface area (Å²) in [4.78, 5) is 27.8. The number of rotatable bonds is 4. The molecule has 0 aliphatic heterocycles. The van der Waals surface area contributed by atoms with Crippen molar-refractivity contribution >= 4 is 17.7 Å². The predicted octanol–water partition coefficient (Wildman–Crippen LogP) is 1.20. The van der Waals surface area contributed by atoms with Crippen molar-refractivity contribution in [3.8, 4) is 0 Å². The first kappa shape index (κ1) is 12.8. The van der Waals surface area contributed by atoms with Crippen LogP contribution in [-0.2, 0) is 0 Å². The Morgan fingerprint density at radius 2 is 2.31 bits per heavy atom. The molecule has 1 aromatic heterocycles. The lowest BCUT2D eigenvalue weighted by molar-refractivity contribution is 0.0756. The van der Waals surface area contributed by atoms with Gasteiger partial charge in [-0.05, 0) is 13.2 Å². The van der Waals surface area contributed by atoms with Gasteiger partial charge >= 0.3 is 0 Å². The van der Waals surface area contributed by atoms with E-state index >= 15 is 0 Å². The maximum atomic E-state index is 12.0. The van der Waals surface area contributed by atoms with Gasteiger partial charge in [-0.25, -0.2) is 0 Å². The second-order valence-corrected chi connectivity index (χ2v) is 4.55. The van der Waals surface area contributed by atoms with Gasteiger partial charge in [-0.1, -0.05) is 0 Å². The molecule has 0 fully saturated rings. The van der Waals surface area contributed by atoms with Crippen molar-refractivity contribution in [2.24, 2.45) is 0 Å². The fourth-order valence-corrected chi connectivity index (χ4v) is 2.03. The van der Waals surface area contributed by atoms with Crippen LogP contribution >= 0.6 is 11.8 Å². The number of aromatic nitrogens is 1. The smallest absolute Gasteiger partial charge is 0.259 e. The number of hydrogen-bond acceptors (Lipinski definition) is 3. The summed E-state index contributed by atoms with van der Waals surface area (Å²) in [5, 5.41) is 0. The number of pyridine rings is 1. The van der Waals surface area contributed by atoms with Crippen molar-refractivity contribution in [2.45, 2.75) is 13.0 Å². The number of hydrogen-bond donors (Lipinski definition) is 1. The molecule has 4 nitrogen and oxygen atoms in total. The normalized spacial score (nSPS) is 12.2. The van der Waals surface area contributed by atoms with Crippen molar-refractivity contribution in [1.29, 1.82) is 0 Å². The average molecular weight is 240 g/mol. The van der Waals surface area contributed by atoms with E-state index in [1.165, 1.54) is 18.5 Å². The number of thioether (sulfide) groups is 1. The Balaban J connectivity index is 2.86. The van der Waals surface area contributed by atoms with Gasteiger partial charge in [0.25, 0.3) is 5.91 Å². The number of amides is 1. The zero-order chi connectivity index (χ0) is 12.1. The third kappa shape index (κ3) is 2.88. The summed E-state index contributed by atoms with van der Waals surface area (Å²) in [6, 6.07) is 1.47. The van der Waals surface area contributed by atoms with Gasteiger partial charge in [0, 0.05) is 37.3 Å². The highest BCUT2D eigenvalue weighted by atomic mass is 32.2. The Bertz CT molecular complexity index is 416. The van der Waals surface area contributed by atoms with Crippen molar-refractivity contribution < 1.29 is 4.79 Å². The molecule has 0 saturated heterocycles. The minimum absolute atomic E-state index is 0.113. The topological polar surface area (TPSA) is 53.2 Å². The van der Waals surface area contributed by atoms with Crippen molar-refractivity contribution in [3.63, 3.8) is 0 Å². The fourth-order valence-electron chi connectivity index (χ4n) is 1.33. The van der Waals surface area contributed by atoms with Gasteiger partial charge in [0.1, 0.15) is 5.56 Å². The van der Waals surface area contributed by atoms with Crippen LogP contribution in [-0.4, -0.2) is 40.9 Å². The number of aromatic amines is 1. The molecule has 0 saturated carbocycles. The van der Waals surface area contributed by atoms with E-state index < -0.39 is 0 Å². The Kier molecular flexibility index (Phi) is 4.61. The monoisotopic (exact) mass is 240 g/mol. The number of nitrogens with one attached hydrogen (secondary N) is 1. The Morgan fingerprint density at radius 1 is 1.62 bits per heavy atom. The van der Waals surface area contributed by atoms with Crippen LogP contribution in [0.5, 0.6) is 0 Å². The summed E-state index contributed by atoms with van der Waals surface area (Å²) in [5.74, 6) is 0.621. The van der Waals surface area contributed by atoms with Crippen LogP contribution in [0.2, 0.25) is 0 Å². The SMILES string of the molecule is CSCC(C)N(C)C(=O)c1c[nH]ccc1=O. The van der Waals surface area contributed by atoms with Crippen LogP contribution in [0, 0.1) is 0 Å². The molecule has 0 aromatic carbocycles. The third-order valence-electron chi connectivity index (χ3n) is 2.44. The minimum atomic E-state index is -0.244. The number of carbonyl (C=O) groups is 1. The van der Waals surface area contributed by atoms with Crippen molar-refractivity contribution in [2.75, 3.05) is 19.1 Å². The molecule has 0 spiro atoms. The lowest BCUT2D eigenvalue weighted by Gasteiger charge is -2.23. The highest BCUT2D eigenvalue weighted by Gasteiger charge is 2.18. The zero-order valence-electron chi connectivity index (χ0n) is 9.69. The molecule has 0 radical (unpaired) electrons. The van der Waals surface area contributed by atoms with E-state index in [1.807, 2.05) is 13.2 Å². The number of H-pyrrole nitrogens is 1. The summed E-state index contributed by atoms with van der Waals surface area (Å²) >= 11 is 1.68. The second-order valence-electron chi connectivity index (χ2n) is 3.64. The molecule has 1 rings (SSSR count). The lowest BCUT2D eigenvalue weighted by Crippen LogP contribution is -2.38. The van der Waals surface area contributed by atoms with Gasteiger partial charge in [0.15, 0.2) is 5.43 Å². The minimum Gasteiger partial charge on any atom is -0.367 e. The van der Waals surface area contributed by atoms with E-state index in [9.17, 15) is 9.59 Å². The fraction of sp³-hybridized carbons (Fsp3) is 0.455. The molecule has 1 aromatic rings. The van der Waals surface area contributed by atoms with Crippen molar-refractivity contribution in [3.05, 3.63) is 34.2 Å². The van der Waals surface area contributed by atoms with Gasteiger partial charge < -0.3 is 9.88 Å². The van der Waals surface area contributed by atoms with E-state index in [1.54, 1.807) is 23.7 Å². The van der Waals surface area contributed by atoms with Crippen LogP contribution in [0.3, 0.4) is 0 Å². The molecule has 88 valence electrons. The molecule has 0 aliphatic rings. The molecule has 0 bridgehead atoms. The highest BCUT2D eigenvalue weighted by molar-refractivity contribution is 7.98. The average Bonchev–Trinajstić information content (AvgIpc) is 2.28. The molecule has 0 aliphatic carbocycles.